The van der Waals surface area contributed by atoms with Crippen molar-refractivity contribution in [3.63, 3.8) is 0 Å². The number of unbranched alkanes of at least 4 members (excludes halogenated alkanes) is 2. The first-order chi connectivity index (χ1) is 15.4. The molecule has 0 amide bonds. The van der Waals surface area contributed by atoms with E-state index < -0.39 is 12.1 Å². The number of hydrogen-bond acceptors (Lipinski definition) is 4. The summed E-state index contributed by atoms with van der Waals surface area (Å²) >= 11 is 0. The number of rotatable bonds is 10. The summed E-state index contributed by atoms with van der Waals surface area (Å²) in [6.07, 6.45) is 7.14. The van der Waals surface area contributed by atoms with Crippen molar-refractivity contribution in [2.75, 3.05) is 32.9 Å². The van der Waals surface area contributed by atoms with Gasteiger partial charge in [0, 0.05) is 25.8 Å². The van der Waals surface area contributed by atoms with E-state index in [1.54, 1.807) is 0 Å². The molecule has 0 spiro atoms. The van der Waals surface area contributed by atoms with E-state index in [0.29, 0.717) is 31.1 Å². The smallest absolute Gasteiger partial charge is 0.391 e. The van der Waals surface area contributed by atoms with Crippen molar-refractivity contribution in [3.05, 3.63) is 0 Å². The highest BCUT2D eigenvalue weighted by molar-refractivity contribution is 4.85. The van der Waals surface area contributed by atoms with Gasteiger partial charge >= 0.3 is 6.18 Å². The summed E-state index contributed by atoms with van der Waals surface area (Å²) in [4.78, 5) is 2.30. The Balaban J connectivity index is 1.21. The number of ether oxygens (including phenoxy) is 1. The molecule has 7 heteroatoms. The van der Waals surface area contributed by atoms with Crippen molar-refractivity contribution in [1.29, 1.82) is 0 Å². The number of likely N-dealkylation sites (tertiary alicyclic amines) is 1. The van der Waals surface area contributed by atoms with E-state index >= 15 is 0 Å². The van der Waals surface area contributed by atoms with E-state index in [1.807, 2.05) is 0 Å². The third-order valence-electron chi connectivity index (χ3n) is 8.34. The molecule has 4 nitrogen and oxygen atoms in total. The molecular formula is C25H44F3NO3. The molecule has 188 valence electrons. The third-order valence-corrected chi connectivity index (χ3v) is 8.34. The van der Waals surface area contributed by atoms with Crippen LogP contribution in [0, 0.1) is 23.7 Å². The Morgan fingerprint density at radius 2 is 1.66 bits per heavy atom. The fourth-order valence-corrected chi connectivity index (χ4v) is 6.29. The Labute approximate surface area is 191 Å². The minimum absolute atomic E-state index is 0.0954. The second-order valence-electron chi connectivity index (χ2n) is 10.6. The molecule has 1 heterocycles. The summed E-state index contributed by atoms with van der Waals surface area (Å²) in [5, 5.41) is 19.2. The summed E-state index contributed by atoms with van der Waals surface area (Å²) in [6.45, 7) is 3.52. The normalized spacial score (nSPS) is 35.2. The summed E-state index contributed by atoms with van der Waals surface area (Å²) in [5.41, 5.74) is 0. The molecule has 32 heavy (non-hydrogen) atoms. The van der Waals surface area contributed by atoms with Crippen LogP contribution in [0.2, 0.25) is 0 Å². The predicted octanol–water partition coefficient (Wildman–Crippen LogP) is 5.17. The van der Waals surface area contributed by atoms with Gasteiger partial charge in [0.1, 0.15) is 0 Å². The number of nitrogens with zero attached hydrogens (tertiary/aromatic N) is 1. The minimum Gasteiger partial charge on any atom is -0.395 e. The molecule has 0 aromatic rings. The number of aliphatic hydroxyl groups is 2. The summed E-state index contributed by atoms with van der Waals surface area (Å²) in [7, 11) is 0. The lowest BCUT2D eigenvalue weighted by Gasteiger charge is -2.38. The van der Waals surface area contributed by atoms with Crippen molar-refractivity contribution in [2.45, 2.75) is 102 Å². The zero-order valence-corrected chi connectivity index (χ0v) is 19.6. The van der Waals surface area contributed by atoms with Crippen LogP contribution in [0.5, 0.6) is 0 Å². The van der Waals surface area contributed by atoms with Gasteiger partial charge in [-0.2, -0.15) is 13.2 Å². The van der Waals surface area contributed by atoms with Crippen LogP contribution in [0.3, 0.4) is 0 Å². The SMILES string of the molecule is OCC1CC(O)CCN1CCCCCOCC1CCC(C2CCCC(C(F)(F)F)C2)CC1. The van der Waals surface area contributed by atoms with Gasteiger partial charge in [-0.05, 0) is 94.9 Å². The summed E-state index contributed by atoms with van der Waals surface area (Å²) in [6, 6.07) is 0.0954. The molecule has 0 bridgehead atoms. The van der Waals surface area contributed by atoms with Crippen molar-refractivity contribution in [2.24, 2.45) is 23.7 Å². The highest BCUT2D eigenvalue weighted by atomic mass is 19.4. The molecule has 0 radical (unpaired) electrons. The van der Waals surface area contributed by atoms with Gasteiger partial charge in [0.25, 0.3) is 0 Å². The monoisotopic (exact) mass is 463 g/mol. The van der Waals surface area contributed by atoms with Crippen molar-refractivity contribution < 1.29 is 28.1 Å². The quantitative estimate of drug-likeness (QED) is 0.439. The molecule has 3 aliphatic rings. The van der Waals surface area contributed by atoms with Crippen LogP contribution in [0.25, 0.3) is 0 Å². The molecular weight excluding hydrogens is 419 g/mol. The second-order valence-corrected chi connectivity index (χ2v) is 10.6. The number of alkyl halides is 3. The number of piperidine rings is 1. The molecule has 0 aromatic heterocycles. The van der Waals surface area contributed by atoms with Gasteiger partial charge in [0.05, 0.1) is 18.6 Å². The van der Waals surface area contributed by atoms with Crippen LogP contribution in [0.4, 0.5) is 13.2 Å². The Morgan fingerprint density at radius 3 is 2.38 bits per heavy atom. The van der Waals surface area contributed by atoms with Crippen LogP contribution < -0.4 is 0 Å². The Bertz CT molecular complexity index is 525. The average molecular weight is 464 g/mol. The van der Waals surface area contributed by atoms with E-state index in [0.717, 1.165) is 90.5 Å². The van der Waals surface area contributed by atoms with E-state index in [2.05, 4.69) is 4.90 Å². The zero-order valence-electron chi connectivity index (χ0n) is 19.6. The Hall–Kier alpha value is -0.370. The Kier molecular flexibility index (Phi) is 10.6. The maximum Gasteiger partial charge on any atom is 0.391 e. The van der Waals surface area contributed by atoms with Gasteiger partial charge in [-0.25, -0.2) is 0 Å². The summed E-state index contributed by atoms with van der Waals surface area (Å²) in [5.74, 6) is 0.248. The molecule has 4 atom stereocenters. The van der Waals surface area contributed by atoms with Crippen LogP contribution in [0.1, 0.15) is 83.5 Å². The van der Waals surface area contributed by atoms with Crippen molar-refractivity contribution >= 4 is 0 Å². The molecule has 4 unspecified atom stereocenters. The van der Waals surface area contributed by atoms with E-state index in [4.69, 9.17) is 4.74 Å². The molecule has 1 aliphatic heterocycles. The van der Waals surface area contributed by atoms with Gasteiger partial charge in [0.15, 0.2) is 0 Å². The molecule has 1 saturated heterocycles. The van der Waals surface area contributed by atoms with E-state index in [1.165, 1.54) is 0 Å². The Morgan fingerprint density at radius 1 is 0.875 bits per heavy atom. The first-order valence-electron chi connectivity index (χ1n) is 13.0. The maximum atomic E-state index is 13.1. The molecule has 2 saturated carbocycles. The number of halogens is 3. The summed E-state index contributed by atoms with van der Waals surface area (Å²) < 4.78 is 45.2. The first kappa shape index (κ1) is 26.2. The maximum absolute atomic E-state index is 13.1. The highest BCUT2D eigenvalue weighted by Crippen LogP contribution is 2.46. The largest absolute Gasteiger partial charge is 0.395 e. The molecule has 3 rings (SSSR count). The zero-order chi connectivity index (χ0) is 23.0. The van der Waals surface area contributed by atoms with Crippen molar-refractivity contribution in [3.8, 4) is 0 Å². The van der Waals surface area contributed by atoms with Gasteiger partial charge in [0.2, 0.25) is 0 Å². The van der Waals surface area contributed by atoms with Gasteiger partial charge < -0.3 is 14.9 Å². The van der Waals surface area contributed by atoms with Crippen LogP contribution in [-0.4, -0.2) is 66.3 Å². The molecule has 2 aliphatic carbocycles. The first-order valence-corrected chi connectivity index (χ1v) is 13.0. The van der Waals surface area contributed by atoms with Crippen LogP contribution in [0.15, 0.2) is 0 Å². The number of aliphatic hydroxyl groups excluding tert-OH is 2. The fraction of sp³-hybridized carbons (Fsp3) is 1.00. The predicted molar refractivity (Wildman–Crippen MR) is 119 cm³/mol. The molecule has 0 aromatic carbocycles. The lowest BCUT2D eigenvalue weighted by Crippen LogP contribution is -2.46. The number of hydrogen-bond donors (Lipinski definition) is 2. The molecule has 2 N–H and O–H groups in total. The fourth-order valence-electron chi connectivity index (χ4n) is 6.29. The van der Waals surface area contributed by atoms with Gasteiger partial charge in [-0.15, -0.1) is 0 Å². The van der Waals surface area contributed by atoms with Crippen LogP contribution in [-0.2, 0) is 4.74 Å². The lowest BCUT2D eigenvalue weighted by atomic mass is 9.68. The minimum atomic E-state index is -4.01. The van der Waals surface area contributed by atoms with E-state index in [-0.39, 0.29) is 24.7 Å². The highest BCUT2D eigenvalue weighted by Gasteiger charge is 2.43. The average Bonchev–Trinajstić information content (AvgIpc) is 2.79. The standard InChI is InChI=1S/C25H44F3NO3/c26-25(27,28)22-6-4-5-21(15-22)20-9-7-19(8-10-20)18-32-14-3-1-2-12-29-13-11-24(31)16-23(29)17-30/h19-24,30-31H,1-18H2. The topological polar surface area (TPSA) is 52.9 Å². The van der Waals surface area contributed by atoms with Gasteiger partial charge in [-0.1, -0.05) is 12.8 Å². The van der Waals surface area contributed by atoms with Gasteiger partial charge in [-0.3, -0.25) is 4.90 Å². The molecule has 3 fully saturated rings. The third kappa shape index (κ3) is 8.14. The van der Waals surface area contributed by atoms with Crippen LogP contribution >= 0.6 is 0 Å². The second kappa shape index (κ2) is 12.9. The van der Waals surface area contributed by atoms with E-state index in [9.17, 15) is 23.4 Å². The van der Waals surface area contributed by atoms with Crippen molar-refractivity contribution in [1.82, 2.24) is 4.90 Å². The lowest BCUT2D eigenvalue weighted by molar-refractivity contribution is -0.187.